The molecule has 0 fully saturated rings. The van der Waals surface area contributed by atoms with Crippen molar-refractivity contribution < 1.29 is 14.3 Å². The quantitative estimate of drug-likeness (QED) is 0.533. The monoisotopic (exact) mass is 291 g/mol. The minimum atomic E-state index is -0.743. The maximum absolute atomic E-state index is 11.9. The molecule has 104 valence electrons. The topological polar surface area (TPSA) is 61.5 Å². The molecule has 0 heterocycles. The Labute approximate surface area is 122 Å². The number of carbonyl (C=O) groups is 1. The van der Waals surface area contributed by atoms with Gasteiger partial charge in [-0.1, -0.05) is 17.7 Å². The number of halogens is 1. The van der Waals surface area contributed by atoms with Gasteiger partial charge in [0.1, 0.15) is 11.5 Å². The Bertz CT molecular complexity index is 598. The summed E-state index contributed by atoms with van der Waals surface area (Å²) in [5.41, 5.74) is 6.21. The van der Waals surface area contributed by atoms with Gasteiger partial charge < -0.3 is 15.2 Å². The number of esters is 1. The number of anilines is 1. The average Bonchev–Trinajstić information content (AvgIpc) is 2.41. The van der Waals surface area contributed by atoms with Crippen LogP contribution in [-0.2, 0) is 4.79 Å². The standard InChI is InChI=1S/C15H14ClNO3/c1-10(19-14-4-2-3-12(17)9-14)15(18)20-13-7-5-11(16)6-8-13/h2-10H,17H2,1H3/t10-/m1/s1. The van der Waals surface area contributed by atoms with Gasteiger partial charge in [-0.3, -0.25) is 0 Å². The Morgan fingerprint density at radius 1 is 1.15 bits per heavy atom. The summed E-state index contributed by atoms with van der Waals surface area (Å²) in [5.74, 6) is 0.447. The fourth-order valence-corrected chi connectivity index (χ4v) is 1.67. The summed E-state index contributed by atoms with van der Waals surface area (Å²) >= 11 is 5.76. The molecule has 2 aromatic rings. The maximum atomic E-state index is 11.9. The van der Waals surface area contributed by atoms with Gasteiger partial charge in [0.15, 0.2) is 6.10 Å². The predicted molar refractivity (Wildman–Crippen MR) is 78.0 cm³/mol. The van der Waals surface area contributed by atoms with E-state index in [1.165, 1.54) is 0 Å². The summed E-state index contributed by atoms with van der Waals surface area (Å²) < 4.78 is 10.7. The SMILES string of the molecule is C[C@@H](Oc1cccc(N)c1)C(=O)Oc1ccc(Cl)cc1. The molecule has 0 aliphatic carbocycles. The summed E-state index contributed by atoms with van der Waals surface area (Å²) in [4.78, 5) is 11.9. The Balaban J connectivity index is 1.96. The second kappa shape index (κ2) is 6.30. The molecular formula is C15H14ClNO3. The van der Waals surface area contributed by atoms with Gasteiger partial charge in [-0.25, -0.2) is 4.79 Å². The molecule has 0 aliphatic rings. The van der Waals surface area contributed by atoms with Crippen LogP contribution in [0.2, 0.25) is 5.02 Å². The minimum absolute atomic E-state index is 0.419. The second-order valence-electron chi connectivity index (χ2n) is 4.21. The van der Waals surface area contributed by atoms with E-state index in [9.17, 15) is 4.79 Å². The van der Waals surface area contributed by atoms with Crippen molar-refractivity contribution in [3.63, 3.8) is 0 Å². The van der Waals surface area contributed by atoms with E-state index in [1.54, 1.807) is 55.5 Å². The van der Waals surface area contributed by atoms with E-state index < -0.39 is 12.1 Å². The van der Waals surface area contributed by atoms with Crippen LogP contribution in [0.25, 0.3) is 0 Å². The third-order valence-corrected chi connectivity index (χ3v) is 2.79. The van der Waals surface area contributed by atoms with Crippen LogP contribution in [0.5, 0.6) is 11.5 Å². The van der Waals surface area contributed by atoms with Crippen LogP contribution in [0.3, 0.4) is 0 Å². The van der Waals surface area contributed by atoms with E-state index in [0.717, 1.165) is 0 Å². The molecular weight excluding hydrogens is 278 g/mol. The molecule has 0 bridgehead atoms. The Hall–Kier alpha value is -2.20. The number of ether oxygens (including phenoxy) is 2. The lowest BCUT2D eigenvalue weighted by Gasteiger charge is -2.14. The van der Waals surface area contributed by atoms with Crippen LogP contribution in [0.4, 0.5) is 5.69 Å². The molecule has 20 heavy (non-hydrogen) atoms. The fourth-order valence-electron chi connectivity index (χ4n) is 1.54. The van der Waals surface area contributed by atoms with Crippen LogP contribution in [0.1, 0.15) is 6.92 Å². The zero-order valence-electron chi connectivity index (χ0n) is 10.9. The summed E-state index contributed by atoms with van der Waals surface area (Å²) in [6.07, 6.45) is -0.743. The number of hydrogen-bond acceptors (Lipinski definition) is 4. The van der Waals surface area contributed by atoms with Crippen molar-refractivity contribution in [2.75, 3.05) is 5.73 Å². The van der Waals surface area contributed by atoms with Gasteiger partial charge in [0.05, 0.1) is 0 Å². The average molecular weight is 292 g/mol. The van der Waals surface area contributed by atoms with E-state index in [4.69, 9.17) is 26.8 Å². The molecule has 0 radical (unpaired) electrons. The zero-order valence-corrected chi connectivity index (χ0v) is 11.6. The smallest absolute Gasteiger partial charge is 0.352 e. The number of benzene rings is 2. The van der Waals surface area contributed by atoms with Crippen LogP contribution in [0, 0.1) is 0 Å². The lowest BCUT2D eigenvalue weighted by Crippen LogP contribution is -2.28. The van der Waals surface area contributed by atoms with Crippen molar-refractivity contribution in [2.24, 2.45) is 0 Å². The minimum Gasteiger partial charge on any atom is -0.479 e. The first-order valence-corrected chi connectivity index (χ1v) is 6.42. The summed E-state index contributed by atoms with van der Waals surface area (Å²) in [6, 6.07) is 13.4. The molecule has 0 aromatic heterocycles. The summed E-state index contributed by atoms with van der Waals surface area (Å²) in [7, 11) is 0. The Morgan fingerprint density at radius 3 is 2.50 bits per heavy atom. The first kappa shape index (κ1) is 14.2. The molecule has 4 nitrogen and oxygen atoms in total. The van der Waals surface area contributed by atoms with E-state index in [2.05, 4.69) is 0 Å². The molecule has 1 atom stereocenters. The molecule has 0 saturated carbocycles. The maximum Gasteiger partial charge on any atom is 0.352 e. The van der Waals surface area contributed by atoms with Gasteiger partial charge in [-0.2, -0.15) is 0 Å². The van der Waals surface area contributed by atoms with Crippen molar-refractivity contribution in [2.45, 2.75) is 13.0 Å². The van der Waals surface area contributed by atoms with Crippen LogP contribution in [0.15, 0.2) is 48.5 Å². The van der Waals surface area contributed by atoms with E-state index >= 15 is 0 Å². The second-order valence-corrected chi connectivity index (χ2v) is 4.64. The molecule has 0 aliphatic heterocycles. The van der Waals surface area contributed by atoms with Gasteiger partial charge in [-0.15, -0.1) is 0 Å². The number of nitrogens with two attached hydrogens (primary N) is 1. The third-order valence-electron chi connectivity index (χ3n) is 2.53. The highest BCUT2D eigenvalue weighted by molar-refractivity contribution is 6.30. The largest absolute Gasteiger partial charge is 0.479 e. The van der Waals surface area contributed by atoms with Gasteiger partial charge in [-0.05, 0) is 43.3 Å². The first-order chi connectivity index (χ1) is 9.54. The van der Waals surface area contributed by atoms with Crippen molar-refractivity contribution in [1.29, 1.82) is 0 Å². The fraction of sp³-hybridized carbons (Fsp3) is 0.133. The van der Waals surface area contributed by atoms with Crippen molar-refractivity contribution in [3.8, 4) is 11.5 Å². The molecule has 0 amide bonds. The summed E-state index contributed by atoms with van der Waals surface area (Å²) in [5, 5.41) is 0.578. The highest BCUT2D eigenvalue weighted by Gasteiger charge is 2.17. The molecule has 2 aromatic carbocycles. The van der Waals surface area contributed by atoms with E-state index in [0.29, 0.717) is 22.2 Å². The normalized spacial score (nSPS) is 11.7. The number of rotatable bonds is 4. The lowest BCUT2D eigenvalue weighted by atomic mass is 10.3. The van der Waals surface area contributed by atoms with Crippen LogP contribution >= 0.6 is 11.6 Å². The van der Waals surface area contributed by atoms with Crippen molar-refractivity contribution in [3.05, 3.63) is 53.6 Å². The van der Waals surface area contributed by atoms with Crippen LogP contribution < -0.4 is 15.2 Å². The molecule has 0 spiro atoms. The molecule has 5 heteroatoms. The number of hydrogen-bond donors (Lipinski definition) is 1. The van der Waals surface area contributed by atoms with Gasteiger partial charge in [0.2, 0.25) is 0 Å². The molecule has 0 unspecified atom stereocenters. The first-order valence-electron chi connectivity index (χ1n) is 6.04. The van der Waals surface area contributed by atoms with Crippen molar-refractivity contribution >= 4 is 23.3 Å². The number of nitrogen functional groups attached to an aromatic ring is 1. The van der Waals surface area contributed by atoms with Gasteiger partial charge in [0, 0.05) is 16.8 Å². The molecule has 0 saturated heterocycles. The van der Waals surface area contributed by atoms with E-state index in [1.807, 2.05) is 0 Å². The highest BCUT2D eigenvalue weighted by Crippen LogP contribution is 2.18. The number of carbonyl (C=O) groups excluding carboxylic acids is 1. The lowest BCUT2D eigenvalue weighted by molar-refractivity contribution is -0.141. The zero-order chi connectivity index (χ0) is 14.5. The molecule has 2 rings (SSSR count). The van der Waals surface area contributed by atoms with Crippen LogP contribution in [-0.4, -0.2) is 12.1 Å². The van der Waals surface area contributed by atoms with Crippen molar-refractivity contribution in [1.82, 2.24) is 0 Å². The highest BCUT2D eigenvalue weighted by atomic mass is 35.5. The third kappa shape index (κ3) is 3.90. The van der Waals surface area contributed by atoms with E-state index in [-0.39, 0.29) is 0 Å². The predicted octanol–water partition coefficient (Wildman–Crippen LogP) is 3.30. The van der Waals surface area contributed by atoms with Gasteiger partial charge in [0.25, 0.3) is 0 Å². The molecule has 2 N–H and O–H groups in total. The summed E-state index contributed by atoms with van der Waals surface area (Å²) in [6.45, 7) is 1.61. The Morgan fingerprint density at radius 2 is 1.85 bits per heavy atom. The Kier molecular flexibility index (Phi) is 4.48. The van der Waals surface area contributed by atoms with Gasteiger partial charge >= 0.3 is 5.97 Å².